The number of hydrogen-bond acceptors (Lipinski definition) is 3. The molecule has 18 heavy (non-hydrogen) atoms. The fourth-order valence-corrected chi connectivity index (χ4v) is 3.32. The van der Waals surface area contributed by atoms with Gasteiger partial charge in [0.1, 0.15) is 0 Å². The Morgan fingerprint density at radius 2 is 2.28 bits per heavy atom. The molecular weight excluding hydrogens is 248 g/mol. The molecule has 0 spiro atoms. The van der Waals surface area contributed by atoms with Gasteiger partial charge in [-0.15, -0.1) is 11.8 Å². The Kier molecular flexibility index (Phi) is 3.97. The summed E-state index contributed by atoms with van der Waals surface area (Å²) in [6.07, 6.45) is 2.41. The van der Waals surface area contributed by atoms with Crippen molar-refractivity contribution in [3.63, 3.8) is 0 Å². The van der Waals surface area contributed by atoms with Crippen LogP contribution in [0.4, 0.5) is 0 Å². The van der Waals surface area contributed by atoms with Crippen molar-refractivity contribution in [2.24, 2.45) is 0 Å². The van der Waals surface area contributed by atoms with Crippen molar-refractivity contribution in [3.8, 4) is 0 Å². The molecule has 1 atom stereocenters. The summed E-state index contributed by atoms with van der Waals surface area (Å²) in [7, 11) is 0. The molecule has 0 fully saturated rings. The predicted octanol–water partition coefficient (Wildman–Crippen LogP) is 2.45. The molecule has 4 heteroatoms. The summed E-state index contributed by atoms with van der Waals surface area (Å²) in [6, 6.07) is 5.92. The topological polar surface area (TPSA) is 57.5 Å². The number of thioether (sulfide) groups is 1. The summed E-state index contributed by atoms with van der Waals surface area (Å²) < 4.78 is 0. The molecule has 2 rings (SSSR count). The van der Waals surface area contributed by atoms with Crippen LogP contribution in [-0.2, 0) is 16.6 Å². The number of aryl methyl sites for hydroxylation is 1. The second-order valence-corrected chi connectivity index (χ2v) is 6.02. The first-order valence-corrected chi connectivity index (χ1v) is 7.17. The van der Waals surface area contributed by atoms with Crippen LogP contribution in [0.25, 0.3) is 0 Å². The van der Waals surface area contributed by atoms with Crippen molar-refractivity contribution in [1.82, 2.24) is 0 Å². The average molecular weight is 266 g/mol. The lowest BCUT2D eigenvalue weighted by Crippen LogP contribution is -2.33. The number of fused-ring (bicyclic) bond motifs is 1. The molecule has 0 amide bonds. The Morgan fingerprint density at radius 1 is 1.50 bits per heavy atom. The molecule has 0 saturated carbocycles. The van der Waals surface area contributed by atoms with E-state index in [0.29, 0.717) is 0 Å². The number of aliphatic hydroxyl groups excluding tert-OH is 1. The van der Waals surface area contributed by atoms with Gasteiger partial charge in [-0.05, 0) is 49.1 Å². The van der Waals surface area contributed by atoms with Gasteiger partial charge < -0.3 is 10.2 Å². The first-order valence-electron chi connectivity index (χ1n) is 6.18. The number of benzene rings is 1. The van der Waals surface area contributed by atoms with Crippen molar-refractivity contribution >= 4 is 17.7 Å². The highest BCUT2D eigenvalue weighted by Gasteiger charge is 2.35. The smallest absolute Gasteiger partial charge is 0.313 e. The number of rotatable bonds is 4. The molecule has 1 aromatic rings. The molecule has 0 radical (unpaired) electrons. The summed E-state index contributed by atoms with van der Waals surface area (Å²) in [5.74, 6) is 0.263. The Morgan fingerprint density at radius 3 is 2.94 bits per heavy atom. The minimum Gasteiger partial charge on any atom is -0.481 e. The van der Waals surface area contributed by atoms with Crippen LogP contribution in [0.2, 0.25) is 0 Å². The van der Waals surface area contributed by atoms with Gasteiger partial charge in [-0.2, -0.15) is 0 Å². The van der Waals surface area contributed by atoms with Crippen molar-refractivity contribution in [3.05, 3.63) is 29.3 Å². The third-order valence-electron chi connectivity index (χ3n) is 3.63. The van der Waals surface area contributed by atoms with Gasteiger partial charge in [-0.25, -0.2) is 0 Å². The van der Waals surface area contributed by atoms with E-state index in [1.165, 1.54) is 10.5 Å². The maximum atomic E-state index is 11.5. The second-order valence-electron chi connectivity index (χ2n) is 4.89. The summed E-state index contributed by atoms with van der Waals surface area (Å²) >= 11 is 1.83. The fraction of sp³-hybridized carbons (Fsp3) is 0.500. The summed E-state index contributed by atoms with van der Waals surface area (Å²) in [6.45, 7) is 1.57. The van der Waals surface area contributed by atoms with Gasteiger partial charge >= 0.3 is 5.97 Å². The van der Waals surface area contributed by atoms with Crippen LogP contribution < -0.4 is 0 Å². The maximum Gasteiger partial charge on any atom is 0.313 e. The van der Waals surface area contributed by atoms with Gasteiger partial charge in [0.15, 0.2) is 0 Å². The molecule has 98 valence electrons. The monoisotopic (exact) mass is 266 g/mol. The van der Waals surface area contributed by atoms with Crippen molar-refractivity contribution in [2.75, 3.05) is 12.4 Å². The van der Waals surface area contributed by atoms with Crippen LogP contribution in [0.15, 0.2) is 23.1 Å². The van der Waals surface area contributed by atoms with Crippen LogP contribution in [0.5, 0.6) is 0 Å². The van der Waals surface area contributed by atoms with E-state index in [9.17, 15) is 9.90 Å². The van der Waals surface area contributed by atoms with E-state index in [4.69, 9.17) is 5.11 Å². The lowest BCUT2D eigenvalue weighted by Gasteiger charge is -2.26. The number of carbonyl (C=O) groups is 1. The Bertz CT molecular complexity index is 458. The largest absolute Gasteiger partial charge is 0.481 e. The molecule has 1 heterocycles. The van der Waals surface area contributed by atoms with Gasteiger partial charge in [0.05, 0.1) is 5.41 Å². The van der Waals surface area contributed by atoms with E-state index in [-0.39, 0.29) is 13.0 Å². The average Bonchev–Trinajstić information content (AvgIpc) is 2.38. The molecule has 1 aliphatic heterocycles. The summed E-state index contributed by atoms with van der Waals surface area (Å²) in [5, 5.41) is 18.5. The van der Waals surface area contributed by atoms with Crippen LogP contribution in [-0.4, -0.2) is 28.5 Å². The normalized spacial score (nSPS) is 17.9. The van der Waals surface area contributed by atoms with Crippen LogP contribution in [0.3, 0.4) is 0 Å². The number of aliphatic hydroxyl groups is 1. The Hall–Kier alpha value is -1.00. The zero-order chi connectivity index (χ0) is 13.2. The SMILES string of the molecule is CC(CCO)(C(=O)O)c1ccc2c(c1)CCCS2. The number of carboxylic acid groups (broad SMARTS) is 1. The van der Waals surface area contributed by atoms with E-state index < -0.39 is 11.4 Å². The van der Waals surface area contributed by atoms with Crippen molar-refractivity contribution in [2.45, 2.75) is 36.5 Å². The molecule has 0 aliphatic carbocycles. The van der Waals surface area contributed by atoms with E-state index >= 15 is 0 Å². The van der Waals surface area contributed by atoms with Gasteiger partial charge in [-0.3, -0.25) is 4.79 Å². The molecule has 1 unspecified atom stereocenters. The number of carboxylic acids is 1. The lowest BCUT2D eigenvalue weighted by molar-refractivity contribution is -0.143. The summed E-state index contributed by atoms with van der Waals surface area (Å²) in [5.41, 5.74) is 1.05. The van der Waals surface area contributed by atoms with Gasteiger partial charge in [0, 0.05) is 11.5 Å². The zero-order valence-electron chi connectivity index (χ0n) is 10.5. The Labute approximate surface area is 111 Å². The van der Waals surface area contributed by atoms with E-state index in [0.717, 1.165) is 24.2 Å². The van der Waals surface area contributed by atoms with Crippen molar-refractivity contribution < 1.29 is 15.0 Å². The summed E-state index contributed by atoms with van der Waals surface area (Å²) in [4.78, 5) is 12.7. The molecule has 1 aliphatic rings. The highest BCUT2D eigenvalue weighted by Crippen LogP contribution is 2.35. The Balaban J connectivity index is 2.39. The van der Waals surface area contributed by atoms with Gasteiger partial charge in [-0.1, -0.05) is 12.1 Å². The molecular formula is C14H18O3S. The predicted molar refractivity (Wildman–Crippen MR) is 72.2 cm³/mol. The van der Waals surface area contributed by atoms with Crippen molar-refractivity contribution in [1.29, 1.82) is 0 Å². The highest BCUT2D eigenvalue weighted by atomic mass is 32.2. The molecule has 1 aromatic carbocycles. The first kappa shape index (κ1) is 13.4. The fourth-order valence-electron chi connectivity index (χ4n) is 2.30. The molecule has 0 saturated heterocycles. The number of aliphatic carboxylic acids is 1. The minimum absolute atomic E-state index is 0.116. The third-order valence-corrected chi connectivity index (χ3v) is 4.83. The number of hydrogen-bond donors (Lipinski definition) is 2. The van der Waals surface area contributed by atoms with Gasteiger partial charge in [0.2, 0.25) is 0 Å². The maximum absolute atomic E-state index is 11.5. The molecule has 2 N–H and O–H groups in total. The van der Waals surface area contributed by atoms with Gasteiger partial charge in [0.25, 0.3) is 0 Å². The van der Waals surface area contributed by atoms with Crippen LogP contribution in [0.1, 0.15) is 30.9 Å². The molecule has 0 bridgehead atoms. The first-order chi connectivity index (χ1) is 8.58. The minimum atomic E-state index is -0.994. The standard InChI is InChI=1S/C14H18O3S/c1-14(6-7-15,13(16)17)11-4-5-12-10(9-11)3-2-8-18-12/h4-5,9,15H,2-3,6-8H2,1H3,(H,16,17). The highest BCUT2D eigenvalue weighted by molar-refractivity contribution is 7.99. The van der Waals surface area contributed by atoms with Crippen LogP contribution >= 0.6 is 11.8 Å². The van der Waals surface area contributed by atoms with E-state index in [1.54, 1.807) is 6.92 Å². The van der Waals surface area contributed by atoms with Crippen LogP contribution in [0, 0.1) is 0 Å². The second kappa shape index (κ2) is 5.33. The molecule has 0 aromatic heterocycles. The van der Waals surface area contributed by atoms with E-state index in [2.05, 4.69) is 0 Å². The lowest BCUT2D eigenvalue weighted by atomic mass is 9.79. The quantitative estimate of drug-likeness (QED) is 0.879. The third kappa shape index (κ3) is 2.40. The van der Waals surface area contributed by atoms with E-state index in [1.807, 2.05) is 30.0 Å². The molecule has 3 nitrogen and oxygen atoms in total. The zero-order valence-corrected chi connectivity index (χ0v) is 11.3.